The number of halogens is 1. The minimum Gasteiger partial charge on any atom is -0.480 e. The molecule has 1 saturated heterocycles. The average Bonchev–Trinajstić information content (AvgIpc) is 2.42. The first-order chi connectivity index (χ1) is 9.54. The number of carboxylic acid groups (broad SMARTS) is 1. The third kappa shape index (κ3) is 4.47. The monoisotopic (exact) mass is 297 g/mol. The molecule has 5 heteroatoms. The molecule has 1 aromatic rings. The maximum Gasteiger partial charge on any atom is 0.329 e. The second kappa shape index (κ2) is 7.07. The molecule has 20 heavy (non-hydrogen) atoms. The summed E-state index contributed by atoms with van der Waals surface area (Å²) < 4.78 is 5.33. The number of aliphatic carboxylic acids is 1. The maximum atomic E-state index is 10.5. The lowest BCUT2D eigenvalue weighted by Crippen LogP contribution is -2.37. The van der Waals surface area contributed by atoms with Crippen molar-refractivity contribution in [3.63, 3.8) is 0 Å². The number of likely N-dealkylation sites (tertiary alicyclic amines) is 1. The van der Waals surface area contributed by atoms with Gasteiger partial charge in [0.2, 0.25) is 0 Å². The van der Waals surface area contributed by atoms with Gasteiger partial charge in [0.25, 0.3) is 0 Å². The van der Waals surface area contributed by atoms with Crippen molar-refractivity contribution >= 4 is 17.6 Å². The number of rotatable bonds is 5. The molecule has 0 amide bonds. The predicted octanol–water partition coefficient (Wildman–Crippen LogP) is 2.71. The summed E-state index contributed by atoms with van der Waals surface area (Å²) in [4.78, 5) is 12.8. The van der Waals surface area contributed by atoms with Crippen molar-refractivity contribution in [3.8, 4) is 0 Å². The number of piperidine rings is 1. The van der Waals surface area contributed by atoms with Crippen molar-refractivity contribution in [1.29, 1.82) is 0 Å². The van der Waals surface area contributed by atoms with E-state index in [1.165, 1.54) is 5.56 Å². The summed E-state index contributed by atoms with van der Waals surface area (Å²) in [7, 11) is 0. The summed E-state index contributed by atoms with van der Waals surface area (Å²) in [5, 5.41) is 9.40. The van der Waals surface area contributed by atoms with E-state index in [0.29, 0.717) is 0 Å². The number of aryl methyl sites for hydroxylation is 1. The van der Waals surface area contributed by atoms with Gasteiger partial charge in [0.15, 0.2) is 0 Å². The van der Waals surface area contributed by atoms with Crippen molar-refractivity contribution in [3.05, 3.63) is 34.3 Å². The molecule has 1 aliphatic rings. The molecule has 0 radical (unpaired) electrons. The predicted molar refractivity (Wildman–Crippen MR) is 78.1 cm³/mol. The summed E-state index contributed by atoms with van der Waals surface area (Å²) in [6.45, 7) is 4.53. The molecule has 1 aliphatic heterocycles. The van der Waals surface area contributed by atoms with Crippen LogP contribution in [0.3, 0.4) is 0 Å². The summed E-state index contributed by atoms with van der Waals surface area (Å²) >= 11 is 6.13. The molecule has 0 aliphatic carbocycles. The van der Waals surface area contributed by atoms with Crippen LogP contribution in [0, 0.1) is 6.92 Å². The topological polar surface area (TPSA) is 49.8 Å². The van der Waals surface area contributed by atoms with Gasteiger partial charge in [-0.25, -0.2) is 4.79 Å². The fourth-order valence-corrected chi connectivity index (χ4v) is 2.62. The summed E-state index contributed by atoms with van der Waals surface area (Å²) in [6, 6.07) is 6.17. The van der Waals surface area contributed by atoms with Gasteiger partial charge in [-0.2, -0.15) is 0 Å². The minimum atomic E-state index is -0.901. The quantitative estimate of drug-likeness (QED) is 0.908. The lowest BCUT2D eigenvalue weighted by atomic mass is 10.1. The molecule has 2 rings (SSSR count). The number of hydrogen-bond acceptors (Lipinski definition) is 3. The molecule has 1 N–H and O–H groups in total. The van der Waals surface area contributed by atoms with E-state index in [1.807, 2.05) is 19.1 Å². The Hall–Kier alpha value is -1.10. The van der Waals surface area contributed by atoms with E-state index in [9.17, 15) is 4.79 Å². The van der Waals surface area contributed by atoms with Crippen molar-refractivity contribution in [1.82, 2.24) is 4.90 Å². The molecule has 0 atom stereocenters. The van der Waals surface area contributed by atoms with Gasteiger partial charge in [-0.3, -0.25) is 4.90 Å². The lowest BCUT2D eigenvalue weighted by molar-refractivity contribution is -0.145. The van der Waals surface area contributed by atoms with Gasteiger partial charge in [0, 0.05) is 24.7 Å². The molecule has 0 bridgehead atoms. The van der Waals surface area contributed by atoms with Crippen LogP contribution in [0.15, 0.2) is 18.2 Å². The highest BCUT2D eigenvalue weighted by Gasteiger charge is 2.20. The molecule has 110 valence electrons. The number of benzene rings is 1. The SMILES string of the molecule is Cc1ccc(CN2CCC(OCC(=O)O)CC2)cc1Cl. The standard InChI is InChI=1S/C15H20ClNO3/c1-11-2-3-12(8-14(11)16)9-17-6-4-13(5-7-17)20-10-15(18)19/h2-3,8,13H,4-7,9-10H2,1H3,(H,18,19). The van der Waals surface area contributed by atoms with Gasteiger partial charge in [0.1, 0.15) is 6.61 Å². The highest BCUT2D eigenvalue weighted by molar-refractivity contribution is 6.31. The van der Waals surface area contributed by atoms with Crippen LogP contribution in [-0.2, 0) is 16.1 Å². The van der Waals surface area contributed by atoms with Crippen LogP contribution in [0.5, 0.6) is 0 Å². The maximum absolute atomic E-state index is 10.5. The second-order valence-electron chi connectivity index (χ2n) is 5.26. The van der Waals surface area contributed by atoms with Gasteiger partial charge in [-0.1, -0.05) is 23.7 Å². The molecule has 0 saturated carbocycles. The Morgan fingerprint density at radius 2 is 2.15 bits per heavy atom. The zero-order valence-corrected chi connectivity index (χ0v) is 12.4. The third-order valence-corrected chi connectivity index (χ3v) is 4.03. The van der Waals surface area contributed by atoms with E-state index in [4.69, 9.17) is 21.4 Å². The molecule has 0 unspecified atom stereocenters. The van der Waals surface area contributed by atoms with Crippen LogP contribution in [0.2, 0.25) is 5.02 Å². The van der Waals surface area contributed by atoms with E-state index in [2.05, 4.69) is 11.0 Å². The highest BCUT2D eigenvalue weighted by atomic mass is 35.5. The van der Waals surface area contributed by atoms with E-state index in [1.54, 1.807) is 0 Å². The first-order valence-corrected chi connectivity index (χ1v) is 7.23. The number of hydrogen-bond donors (Lipinski definition) is 1. The molecule has 1 fully saturated rings. The van der Waals surface area contributed by atoms with Gasteiger partial charge < -0.3 is 9.84 Å². The van der Waals surface area contributed by atoms with Gasteiger partial charge in [-0.15, -0.1) is 0 Å². The Balaban J connectivity index is 1.79. The van der Waals surface area contributed by atoms with E-state index in [0.717, 1.165) is 43.1 Å². The van der Waals surface area contributed by atoms with Crippen LogP contribution < -0.4 is 0 Å². The van der Waals surface area contributed by atoms with Crippen LogP contribution in [0.25, 0.3) is 0 Å². The fourth-order valence-electron chi connectivity index (χ4n) is 2.42. The Labute approximate surface area is 124 Å². The Morgan fingerprint density at radius 1 is 1.45 bits per heavy atom. The molecule has 4 nitrogen and oxygen atoms in total. The zero-order valence-electron chi connectivity index (χ0n) is 11.6. The zero-order chi connectivity index (χ0) is 14.5. The minimum absolute atomic E-state index is 0.0731. The number of nitrogens with zero attached hydrogens (tertiary/aromatic N) is 1. The summed E-state index contributed by atoms with van der Waals surface area (Å²) in [5.41, 5.74) is 2.31. The van der Waals surface area contributed by atoms with Crippen molar-refractivity contribution < 1.29 is 14.6 Å². The van der Waals surface area contributed by atoms with Crippen molar-refractivity contribution in [2.75, 3.05) is 19.7 Å². The first kappa shape index (κ1) is 15.3. The van der Waals surface area contributed by atoms with Gasteiger partial charge in [0.05, 0.1) is 6.10 Å². The Bertz CT molecular complexity index is 470. The summed E-state index contributed by atoms with van der Waals surface area (Å²) in [6.07, 6.45) is 1.84. The number of ether oxygens (including phenoxy) is 1. The normalized spacial score (nSPS) is 17.3. The largest absolute Gasteiger partial charge is 0.480 e. The fraction of sp³-hybridized carbons (Fsp3) is 0.533. The van der Waals surface area contributed by atoms with Crippen LogP contribution in [0.4, 0.5) is 0 Å². The average molecular weight is 298 g/mol. The highest BCUT2D eigenvalue weighted by Crippen LogP contribution is 2.20. The molecule has 0 aromatic heterocycles. The first-order valence-electron chi connectivity index (χ1n) is 6.85. The van der Waals surface area contributed by atoms with Gasteiger partial charge >= 0.3 is 5.97 Å². The molecule has 1 aromatic carbocycles. The molecule has 1 heterocycles. The molecular formula is C15H20ClNO3. The summed E-state index contributed by atoms with van der Waals surface area (Å²) in [5.74, 6) is -0.901. The van der Waals surface area contributed by atoms with Gasteiger partial charge in [-0.05, 0) is 37.0 Å². The lowest BCUT2D eigenvalue weighted by Gasteiger charge is -2.31. The Morgan fingerprint density at radius 3 is 2.75 bits per heavy atom. The van der Waals surface area contributed by atoms with Crippen LogP contribution in [0.1, 0.15) is 24.0 Å². The molecule has 0 spiro atoms. The van der Waals surface area contributed by atoms with Crippen molar-refractivity contribution in [2.24, 2.45) is 0 Å². The molecular weight excluding hydrogens is 278 g/mol. The smallest absolute Gasteiger partial charge is 0.329 e. The van der Waals surface area contributed by atoms with E-state index in [-0.39, 0.29) is 12.7 Å². The van der Waals surface area contributed by atoms with E-state index < -0.39 is 5.97 Å². The van der Waals surface area contributed by atoms with Crippen molar-refractivity contribution in [2.45, 2.75) is 32.4 Å². The van der Waals surface area contributed by atoms with E-state index >= 15 is 0 Å². The van der Waals surface area contributed by atoms with Crippen LogP contribution in [-0.4, -0.2) is 41.8 Å². The third-order valence-electron chi connectivity index (χ3n) is 3.62. The second-order valence-corrected chi connectivity index (χ2v) is 5.67. The number of carbonyl (C=O) groups is 1. The Kier molecular flexibility index (Phi) is 5.40. The van der Waals surface area contributed by atoms with Crippen LogP contribution >= 0.6 is 11.6 Å². The number of carboxylic acids is 1.